The number of nitrogens with zero attached hydrogens (tertiary/aromatic N) is 1. The Kier molecular flexibility index (Phi) is 7.84. The number of hydrogen-bond donors (Lipinski definition) is 3. The summed E-state index contributed by atoms with van der Waals surface area (Å²) >= 11 is 12.0. The topological polar surface area (TPSA) is 101 Å². The summed E-state index contributed by atoms with van der Waals surface area (Å²) in [5.74, 6) is -1.45. The quantitative estimate of drug-likeness (QED) is 0.426. The summed E-state index contributed by atoms with van der Waals surface area (Å²) in [5, 5.41) is 6.56. The van der Waals surface area contributed by atoms with Crippen molar-refractivity contribution in [2.24, 2.45) is 5.92 Å². The third-order valence-electron chi connectivity index (χ3n) is 4.84. The predicted octanol–water partition coefficient (Wildman–Crippen LogP) is 4.44. The number of hydrogen-bond acceptors (Lipinski definition) is 4. The number of aromatic nitrogens is 1. The van der Waals surface area contributed by atoms with Crippen LogP contribution in [0.2, 0.25) is 10.0 Å². The van der Waals surface area contributed by atoms with E-state index in [-0.39, 0.29) is 10.7 Å². The first kappa shape index (κ1) is 24.4. The zero-order valence-corrected chi connectivity index (χ0v) is 19.9. The van der Waals surface area contributed by atoms with Crippen LogP contribution >= 0.6 is 23.2 Å². The SMILES string of the molecule is COc1cccc2cc(C(=O)Nc3ccc(Cl)c(Cl)c3)n(NC(=O)C(=O)NCCC(C)C)c12. The number of ether oxygens (including phenoxy) is 1. The molecule has 2 aromatic carbocycles. The maximum Gasteiger partial charge on any atom is 0.328 e. The minimum atomic E-state index is -0.911. The number of carbonyl (C=O) groups excluding carboxylic acids is 3. The molecule has 0 aliphatic rings. The van der Waals surface area contributed by atoms with E-state index in [1.165, 1.54) is 17.9 Å². The molecule has 3 aromatic rings. The molecule has 0 bridgehead atoms. The number of para-hydroxylation sites is 1. The molecular formula is C23H24Cl2N4O4. The maximum absolute atomic E-state index is 13.1. The van der Waals surface area contributed by atoms with Crippen LogP contribution in [0.25, 0.3) is 10.9 Å². The van der Waals surface area contributed by atoms with Gasteiger partial charge in [0, 0.05) is 17.6 Å². The Balaban J connectivity index is 1.93. The third-order valence-corrected chi connectivity index (χ3v) is 5.58. The number of halogens is 2. The molecule has 0 radical (unpaired) electrons. The summed E-state index contributed by atoms with van der Waals surface area (Å²) in [6, 6.07) is 11.5. The van der Waals surface area contributed by atoms with Crippen LogP contribution in [-0.4, -0.2) is 36.1 Å². The van der Waals surface area contributed by atoms with Crippen molar-refractivity contribution in [2.45, 2.75) is 20.3 Å². The van der Waals surface area contributed by atoms with Crippen molar-refractivity contribution < 1.29 is 19.1 Å². The molecule has 0 saturated heterocycles. The van der Waals surface area contributed by atoms with E-state index in [0.29, 0.717) is 39.8 Å². The molecular weight excluding hydrogens is 467 g/mol. The van der Waals surface area contributed by atoms with Gasteiger partial charge in [-0.2, -0.15) is 0 Å². The van der Waals surface area contributed by atoms with Gasteiger partial charge in [-0.25, -0.2) is 4.68 Å². The highest BCUT2D eigenvalue weighted by Gasteiger charge is 2.23. The second-order valence-electron chi connectivity index (χ2n) is 7.73. The van der Waals surface area contributed by atoms with Crippen LogP contribution in [0.15, 0.2) is 42.5 Å². The number of methoxy groups -OCH3 is 1. The van der Waals surface area contributed by atoms with Crippen molar-refractivity contribution in [3.63, 3.8) is 0 Å². The highest BCUT2D eigenvalue weighted by Crippen LogP contribution is 2.29. The molecule has 0 unspecified atom stereocenters. The lowest BCUT2D eigenvalue weighted by Gasteiger charge is -2.14. The van der Waals surface area contributed by atoms with Crippen LogP contribution in [0.4, 0.5) is 5.69 Å². The molecule has 0 aliphatic heterocycles. The molecule has 1 aromatic heterocycles. The van der Waals surface area contributed by atoms with Gasteiger partial charge in [0.05, 0.1) is 17.2 Å². The van der Waals surface area contributed by atoms with Gasteiger partial charge in [-0.15, -0.1) is 0 Å². The fourth-order valence-electron chi connectivity index (χ4n) is 3.15. The first-order valence-electron chi connectivity index (χ1n) is 10.2. The van der Waals surface area contributed by atoms with E-state index in [2.05, 4.69) is 16.1 Å². The van der Waals surface area contributed by atoms with Crippen LogP contribution in [0.5, 0.6) is 5.75 Å². The van der Waals surface area contributed by atoms with Crippen molar-refractivity contribution in [1.29, 1.82) is 0 Å². The zero-order chi connectivity index (χ0) is 24.1. The van der Waals surface area contributed by atoms with Gasteiger partial charge in [0.2, 0.25) is 0 Å². The molecule has 0 spiro atoms. The van der Waals surface area contributed by atoms with E-state index in [9.17, 15) is 14.4 Å². The monoisotopic (exact) mass is 490 g/mol. The molecule has 0 fully saturated rings. The van der Waals surface area contributed by atoms with Gasteiger partial charge in [0.15, 0.2) is 0 Å². The molecule has 0 atom stereocenters. The number of anilines is 1. The minimum Gasteiger partial charge on any atom is -0.494 e. The van der Waals surface area contributed by atoms with Crippen molar-refractivity contribution in [3.8, 4) is 5.75 Å². The van der Waals surface area contributed by atoms with E-state index in [1.807, 2.05) is 13.8 Å². The molecule has 174 valence electrons. The van der Waals surface area contributed by atoms with Gasteiger partial charge in [0.1, 0.15) is 17.0 Å². The average Bonchev–Trinajstić information content (AvgIpc) is 3.14. The normalized spacial score (nSPS) is 10.8. The first-order chi connectivity index (χ1) is 15.7. The smallest absolute Gasteiger partial charge is 0.328 e. The number of rotatable bonds is 7. The van der Waals surface area contributed by atoms with E-state index in [0.717, 1.165) is 6.42 Å². The predicted molar refractivity (Wildman–Crippen MR) is 130 cm³/mol. The lowest BCUT2D eigenvalue weighted by Crippen LogP contribution is -2.40. The summed E-state index contributed by atoms with van der Waals surface area (Å²) < 4.78 is 6.65. The van der Waals surface area contributed by atoms with Gasteiger partial charge in [0.25, 0.3) is 5.91 Å². The summed E-state index contributed by atoms with van der Waals surface area (Å²) in [4.78, 5) is 38.0. The van der Waals surface area contributed by atoms with Crippen molar-refractivity contribution in [1.82, 2.24) is 9.99 Å². The molecule has 10 heteroatoms. The number of benzene rings is 2. The Hall–Kier alpha value is -3.23. The van der Waals surface area contributed by atoms with E-state index >= 15 is 0 Å². The Morgan fingerprint density at radius 2 is 1.79 bits per heavy atom. The number of fused-ring (bicyclic) bond motifs is 1. The van der Waals surface area contributed by atoms with Crippen LogP contribution in [0, 0.1) is 5.92 Å². The Bertz CT molecular complexity index is 1210. The van der Waals surface area contributed by atoms with Crippen LogP contribution in [-0.2, 0) is 9.59 Å². The van der Waals surface area contributed by atoms with Gasteiger partial charge < -0.3 is 15.4 Å². The zero-order valence-electron chi connectivity index (χ0n) is 18.4. The number of carbonyl (C=O) groups is 3. The number of nitrogens with one attached hydrogen (secondary N) is 3. The summed E-state index contributed by atoms with van der Waals surface area (Å²) in [7, 11) is 1.47. The number of amides is 3. The third kappa shape index (κ3) is 5.77. The maximum atomic E-state index is 13.1. The Morgan fingerprint density at radius 3 is 2.45 bits per heavy atom. The van der Waals surface area contributed by atoms with Crippen LogP contribution in [0.3, 0.4) is 0 Å². The van der Waals surface area contributed by atoms with Crippen LogP contribution in [0.1, 0.15) is 30.8 Å². The Labute approximate surface area is 201 Å². The summed E-state index contributed by atoms with van der Waals surface area (Å²) in [6.07, 6.45) is 0.733. The second-order valence-corrected chi connectivity index (χ2v) is 8.54. The van der Waals surface area contributed by atoms with Crippen molar-refractivity contribution in [2.75, 3.05) is 24.4 Å². The molecule has 3 rings (SSSR count). The Morgan fingerprint density at radius 1 is 1.03 bits per heavy atom. The van der Waals surface area contributed by atoms with Crippen LogP contribution < -0.4 is 20.8 Å². The molecule has 0 saturated carbocycles. The largest absolute Gasteiger partial charge is 0.494 e. The molecule has 8 nitrogen and oxygen atoms in total. The van der Waals surface area contributed by atoms with E-state index in [4.69, 9.17) is 27.9 Å². The first-order valence-corrected chi connectivity index (χ1v) is 11.0. The van der Waals surface area contributed by atoms with E-state index in [1.54, 1.807) is 36.4 Å². The highest BCUT2D eigenvalue weighted by molar-refractivity contribution is 6.42. The molecule has 3 amide bonds. The molecule has 3 N–H and O–H groups in total. The summed E-state index contributed by atoms with van der Waals surface area (Å²) in [5.41, 5.74) is 3.44. The molecule has 0 aliphatic carbocycles. The lowest BCUT2D eigenvalue weighted by molar-refractivity contribution is -0.136. The average molecular weight is 491 g/mol. The second kappa shape index (κ2) is 10.6. The fraction of sp³-hybridized carbons (Fsp3) is 0.261. The standard InChI is InChI=1S/C23H24Cl2N4O4/c1-13(2)9-10-26-22(31)23(32)28-29-18(11-14-5-4-6-19(33-3)20(14)29)21(30)27-15-7-8-16(24)17(25)12-15/h4-8,11-13H,9-10H2,1-3H3,(H,26,31)(H,27,30)(H,28,32). The van der Waals surface area contributed by atoms with E-state index < -0.39 is 17.7 Å². The van der Waals surface area contributed by atoms with Crippen molar-refractivity contribution >= 4 is 57.5 Å². The molecule has 33 heavy (non-hydrogen) atoms. The minimum absolute atomic E-state index is 0.0869. The van der Waals surface area contributed by atoms with Gasteiger partial charge in [-0.1, -0.05) is 49.2 Å². The summed E-state index contributed by atoms with van der Waals surface area (Å²) in [6.45, 7) is 4.40. The lowest BCUT2D eigenvalue weighted by atomic mass is 10.1. The fourth-order valence-corrected chi connectivity index (χ4v) is 3.45. The molecule has 1 heterocycles. The van der Waals surface area contributed by atoms with Gasteiger partial charge in [-0.3, -0.25) is 19.8 Å². The van der Waals surface area contributed by atoms with Gasteiger partial charge >= 0.3 is 11.8 Å². The van der Waals surface area contributed by atoms with Crippen molar-refractivity contribution in [3.05, 3.63) is 58.2 Å². The highest BCUT2D eigenvalue weighted by atomic mass is 35.5. The van der Waals surface area contributed by atoms with Gasteiger partial charge in [-0.05, 0) is 42.7 Å².